The topological polar surface area (TPSA) is 47.7 Å². The van der Waals surface area contributed by atoms with Gasteiger partial charge in [-0.2, -0.15) is 0 Å². The maximum absolute atomic E-state index is 6.10. The van der Waals surface area contributed by atoms with E-state index in [0.29, 0.717) is 13.2 Å². The van der Waals surface area contributed by atoms with E-state index in [0.717, 1.165) is 18.8 Å². The summed E-state index contributed by atoms with van der Waals surface area (Å²) in [5, 5.41) is 0. The lowest BCUT2D eigenvalue weighted by molar-refractivity contribution is -0.137. The third-order valence-corrected chi connectivity index (χ3v) is 3.84. The smallest absolute Gasteiger partial charge is 0.124 e. The average Bonchev–Trinajstić information content (AvgIpc) is 2.39. The zero-order valence-electron chi connectivity index (χ0n) is 13.6. The van der Waals surface area contributed by atoms with Crippen LogP contribution in [0.5, 0.6) is 5.75 Å². The first-order chi connectivity index (χ1) is 9.96. The van der Waals surface area contributed by atoms with Crippen molar-refractivity contribution in [1.29, 1.82) is 0 Å². The molecule has 0 amide bonds. The molecule has 1 aliphatic rings. The minimum absolute atomic E-state index is 0.147. The highest BCUT2D eigenvalue weighted by molar-refractivity contribution is 5.36. The fourth-order valence-corrected chi connectivity index (χ4v) is 3.26. The molecule has 0 spiro atoms. The van der Waals surface area contributed by atoms with E-state index in [9.17, 15) is 0 Å². The van der Waals surface area contributed by atoms with Crippen molar-refractivity contribution < 1.29 is 9.47 Å². The van der Waals surface area contributed by atoms with Gasteiger partial charge in [0.1, 0.15) is 5.75 Å². The molecule has 2 atom stereocenters. The molecule has 2 rings (SSSR count). The van der Waals surface area contributed by atoms with Crippen molar-refractivity contribution in [3.05, 3.63) is 29.8 Å². The number of benzene rings is 1. The molecule has 4 nitrogen and oxygen atoms in total. The molecule has 1 aliphatic heterocycles. The standard InChI is InChI=1S/C17H28N2O2/c1-5-20-16-9-7-6-8-14(16)15(10-18)19-11-13(2)21-17(3,4)12-19/h6-9,13,15H,5,10-12,18H2,1-4H3. The van der Waals surface area contributed by atoms with Gasteiger partial charge in [-0.05, 0) is 33.8 Å². The van der Waals surface area contributed by atoms with E-state index >= 15 is 0 Å². The summed E-state index contributed by atoms with van der Waals surface area (Å²) in [5.41, 5.74) is 7.12. The van der Waals surface area contributed by atoms with Gasteiger partial charge in [0.25, 0.3) is 0 Å². The molecule has 4 heteroatoms. The summed E-state index contributed by atoms with van der Waals surface area (Å²) in [6.45, 7) is 11.4. The van der Waals surface area contributed by atoms with Gasteiger partial charge in [-0.25, -0.2) is 0 Å². The highest BCUT2D eigenvalue weighted by Crippen LogP contribution is 2.33. The fourth-order valence-electron chi connectivity index (χ4n) is 3.26. The van der Waals surface area contributed by atoms with Crippen molar-refractivity contribution in [2.75, 3.05) is 26.2 Å². The number of nitrogens with two attached hydrogens (primary N) is 1. The van der Waals surface area contributed by atoms with Gasteiger partial charge in [0.15, 0.2) is 0 Å². The van der Waals surface area contributed by atoms with Crippen molar-refractivity contribution in [1.82, 2.24) is 4.90 Å². The van der Waals surface area contributed by atoms with Crippen LogP contribution in [0.1, 0.15) is 39.3 Å². The number of para-hydroxylation sites is 1. The lowest BCUT2D eigenvalue weighted by Gasteiger charge is -2.45. The number of morpholine rings is 1. The predicted octanol–water partition coefficient (Wildman–Crippen LogP) is 2.58. The third-order valence-electron chi connectivity index (χ3n) is 3.84. The van der Waals surface area contributed by atoms with Crippen molar-refractivity contribution in [3.8, 4) is 5.75 Å². The lowest BCUT2D eigenvalue weighted by atomic mass is 9.98. The van der Waals surface area contributed by atoms with E-state index in [1.807, 2.05) is 19.1 Å². The van der Waals surface area contributed by atoms with Gasteiger partial charge in [-0.15, -0.1) is 0 Å². The Labute approximate surface area is 128 Å². The molecule has 0 aromatic heterocycles. The SMILES string of the molecule is CCOc1ccccc1C(CN)N1CC(C)OC(C)(C)C1. The number of hydrogen-bond acceptors (Lipinski definition) is 4. The van der Waals surface area contributed by atoms with Crippen LogP contribution >= 0.6 is 0 Å². The average molecular weight is 292 g/mol. The number of ether oxygens (including phenoxy) is 2. The van der Waals surface area contributed by atoms with Gasteiger partial charge >= 0.3 is 0 Å². The van der Waals surface area contributed by atoms with Gasteiger partial charge in [-0.3, -0.25) is 4.90 Å². The molecule has 118 valence electrons. The van der Waals surface area contributed by atoms with Gasteiger partial charge in [0.2, 0.25) is 0 Å². The first kappa shape index (κ1) is 16.3. The van der Waals surface area contributed by atoms with E-state index in [2.05, 4.69) is 37.8 Å². The van der Waals surface area contributed by atoms with Crippen molar-refractivity contribution >= 4 is 0 Å². The normalized spacial score (nSPS) is 23.8. The van der Waals surface area contributed by atoms with Crippen molar-refractivity contribution in [3.63, 3.8) is 0 Å². The summed E-state index contributed by atoms with van der Waals surface area (Å²) in [4.78, 5) is 2.42. The quantitative estimate of drug-likeness (QED) is 0.906. The molecular formula is C17H28N2O2. The zero-order chi connectivity index (χ0) is 15.5. The van der Waals surface area contributed by atoms with Crippen LogP contribution in [0.25, 0.3) is 0 Å². The first-order valence-corrected chi connectivity index (χ1v) is 7.80. The largest absolute Gasteiger partial charge is 0.494 e. The highest BCUT2D eigenvalue weighted by Gasteiger charge is 2.35. The molecule has 1 fully saturated rings. The van der Waals surface area contributed by atoms with Crippen LogP contribution in [-0.4, -0.2) is 42.8 Å². The monoisotopic (exact) mass is 292 g/mol. The second-order valence-corrected chi connectivity index (χ2v) is 6.34. The number of hydrogen-bond donors (Lipinski definition) is 1. The summed E-state index contributed by atoms with van der Waals surface area (Å²) < 4.78 is 11.8. The Bertz CT molecular complexity index is 462. The maximum atomic E-state index is 6.10. The van der Waals surface area contributed by atoms with Crippen LogP contribution in [0.15, 0.2) is 24.3 Å². The number of rotatable bonds is 5. The van der Waals surface area contributed by atoms with Crippen LogP contribution in [0, 0.1) is 0 Å². The van der Waals surface area contributed by atoms with Crippen molar-refractivity contribution in [2.45, 2.75) is 45.4 Å². The highest BCUT2D eigenvalue weighted by atomic mass is 16.5. The van der Waals surface area contributed by atoms with Gasteiger partial charge in [0, 0.05) is 25.2 Å². The molecule has 1 aromatic carbocycles. The maximum Gasteiger partial charge on any atom is 0.124 e. The fraction of sp³-hybridized carbons (Fsp3) is 0.647. The second kappa shape index (κ2) is 6.77. The summed E-state index contributed by atoms with van der Waals surface area (Å²) in [7, 11) is 0. The summed E-state index contributed by atoms with van der Waals surface area (Å²) in [6, 6.07) is 8.37. The summed E-state index contributed by atoms with van der Waals surface area (Å²) >= 11 is 0. The van der Waals surface area contributed by atoms with Crippen LogP contribution < -0.4 is 10.5 Å². The molecule has 21 heavy (non-hydrogen) atoms. The first-order valence-electron chi connectivity index (χ1n) is 7.80. The summed E-state index contributed by atoms with van der Waals surface area (Å²) in [6.07, 6.45) is 0.210. The van der Waals surface area contributed by atoms with E-state index in [-0.39, 0.29) is 17.7 Å². The Kier molecular flexibility index (Phi) is 5.25. The Morgan fingerprint density at radius 1 is 1.43 bits per heavy atom. The molecule has 2 N–H and O–H groups in total. The van der Waals surface area contributed by atoms with Crippen LogP contribution in [-0.2, 0) is 4.74 Å². The molecule has 0 bridgehead atoms. The molecule has 1 saturated heterocycles. The van der Waals surface area contributed by atoms with Gasteiger partial charge in [-0.1, -0.05) is 18.2 Å². The van der Waals surface area contributed by atoms with Crippen LogP contribution in [0.4, 0.5) is 0 Å². The minimum Gasteiger partial charge on any atom is -0.494 e. The van der Waals surface area contributed by atoms with Crippen LogP contribution in [0.2, 0.25) is 0 Å². The molecule has 0 aliphatic carbocycles. The molecule has 1 aromatic rings. The molecule has 2 unspecified atom stereocenters. The minimum atomic E-state index is -0.147. The lowest BCUT2D eigenvalue weighted by Crippen LogP contribution is -2.53. The van der Waals surface area contributed by atoms with E-state index in [1.54, 1.807) is 0 Å². The second-order valence-electron chi connectivity index (χ2n) is 6.34. The van der Waals surface area contributed by atoms with Gasteiger partial charge in [0.05, 0.1) is 24.4 Å². The predicted molar refractivity (Wildman–Crippen MR) is 85.6 cm³/mol. The third kappa shape index (κ3) is 3.96. The Morgan fingerprint density at radius 3 is 2.76 bits per heavy atom. The Morgan fingerprint density at radius 2 is 2.14 bits per heavy atom. The summed E-state index contributed by atoms with van der Waals surface area (Å²) in [5.74, 6) is 0.937. The Hall–Kier alpha value is -1.10. The van der Waals surface area contributed by atoms with Gasteiger partial charge < -0.3 is 15.2 Å². The van der Waals surface area contributed by atoms with E-state index in [1.165, 1.54) is 5.56 Å². The molecule has 0 saturated carbocycles. The van der Waals surface area contributed by atoms with E-state index in [4.69, 9.17) is 15.2 Å². The van der Waals surface area contributed by atoms with Crippen LogP contribution in [0.3, 0.4) is 0 Å². The molecular weight excluding hydrogens is 264 g/mol. The molecule has 1 heterocycles. The zero-order valence-corrected chi connectivity index (χ0v) is 13.6. The van der Waals surface area contributed by atoms with E-state index < -0.39 is 0 Å². The Balaban J connectivity index is 2.27. The molecule has 0 radical (unpaired) electrons. The van der Waals surface area contributed by atoms with Crippen molar-refractivity contribution in [2.24, 2.45) is 5.73 Å². The number of nitrogens with zero attached hydrogens (tertiary/aromatic N) is 1.